The van der Waals surface area contributed by atoms with Gasteiger partial charge in [-0.3, -0.25) is 4.68 Å². The first kappa shape index (κ1) is 18.7. The first-order valence-corrected chi connectivity index (χ1v) is 9.81. The molecule has 1 fully saturated rings. The molecule has 1 saturated heterocycles. The Labute approximate surface area is 165 Å². The van der Waals surface area contributed by atoms with Crippen molar-refractivity contribution < 1.29 is 19.0 Å². The summed E-state index contributed by atoms with van der Waals surface area (Å²) >= 11 is 0. The van der Waals surface area contributed by atoms with Gasteiger partial charge >= 0.3 is 6.09 Å². The van der Waals surface area contributed by atoms with Gasteiger partial charge in [0.1, 0.15) is 18.8 Å². The summed E-state index contributed by atoms with van der Waals surface area (Å²) in [7, 11) is 0. The third-order valence-electron chi connectivity index (χ3n) is 4.97. The SMILES string of the molecule is CC(C)(C)OC(=O)N1CCC(n2cc(-c3ccc4c(c3)OCCO4)cn2)CC1. The Kier molecular flexibility index (Phi) is 4.91. The van der Waals surface area contributed by atoms with E-state index >= 15 is 0 Å². The van der Waals surface area contributed by atoms with Gasteiger partial charge in [0.15, 0.2) is 11.5 Å². The van der Waals surface area contributed by atoms with Crippen molar-refractivity contribution in [1.82, 2.24) is 14.7 Å². The quantitative estimate of drug-likeness (QED) is 0.785. The molecule has 0 atom stereocenters. The first-order chi connectivity index (χ1) is 13.4. The van der Waals surface area contributed by atoms with Crippen molar-refractivity contribution in [3.63, 3.8) is 0 Å². The van der Waals surface area contributed by atoms with E-state index in [-0.39, 0.29) is 12.1 Å². The molecule has 0 radical (unpaired) electrons. The van der Waals surface area contributed by atoms with Crippen molar-refractivity contribution in [2.75, 3.05) is 26.3 Å². The Balaban J connectivity index is 1.40. The summed E-state index contributed by atoms with van der Waals surface area (Å²) in [5.41, 5.74) is 1.64. The zero-order valence-electron chi connectivity index (χ0n) is 16.7. The Hall–Kier alpha value is -2.70. The molecule has 0 aliphatic carbocycles. The minimum Gasteiger partial charge on any atom is -0.486 e. The molecule has 28 heavy (non-hydrogen) atoms. The number of fused-ring (bicyclic) bond motifs is 1. The molecule has 2 aliphatic heterocycles. The van der Waals surface area contributed by atoms with Crippen molar-refractivity contribution in [2.45, 2.75) is 45.3 Å². The molecule has 0 bridgehead atoms. The lowest BCUT2D eigenvalue weighted by Crippen LogP contribution is -2.42. The van der Waals surface area contributed by atoms with Gasteiger partial charge in [0.25, 0.3) is 0 Å². The smallest absolute Gasteiger partial charge is 0.410 e. The lowest BCUT2D eigenvalue weighted by Gasteiger charge is -2.33. The van der Waals surface area contributed by atoms with Gasteiger partial charge in [-0.05, 0) is 51.3 Å². The number of carbonyl (C=O) groups excluding carboxylic acids is 1. The highest BCUT2D eigenvalue weighted by Gasteiger charge is 2.28. The molecule has 0 saturated carbocycles. The summed E-state index contributed by atoms with van der Waals surface area (Å²) < 4.78 is 18.7. The zero-order valence-corrected chi connectivity index (χ0v) is 16.7. The molecular formula is C21H27N3O4. The molecule has 2 aromatic rings. The average molecular weight is 385 g/mol. The van der Waals surface area contributed by atoms with Gasteiger partial charge in [-0.15, -0.1) is 0 Å². The highest BCUT2D eigenvalue weighted by atomic mass is 16.6. The minimum absolute atomic E-state index is 0.233. The van der Waals surface area contributed by atoms with Crippen LogP contribution < -0.4 is 9.47 Å². The monoisotopic (exact) mass is 385 g/mol. The number of carbonyl (C=O) groups is 1. The van der Waals surface area contributed by atoms with Crippen LogP contribution in [0.15, 0.2) is 30.6 Å². The van der Waals surface area contributed by atoms with Crippen molar-refractivity contribution in [3.05, 3.63) is 30.6 Å². The van der Waals surface area contributed by atoms with Crippen LogP contribution in [0.5, 0.6) is 11.5 Å². The van der Waals surface area contributed by atoms with Crippen LogP contribution in [-0.4, -0.2) is 52.7 Å². The van der Waals surface area contributed by atoms with Crippen LogP contribution in [0.2, 0.25) is 0 Å². The predicted molar refractivity (Wildman–Crippen MR) is 105 cm³/mol. The number of piperidine rings is 1. The number of rotatable bonds is 2. The number of aromatic nitrogens is 2. The first-order valence-electron chi connectivity index (χ1n) is 9.81. The lowest BCUT2D eigenvalue weighted by atomic mass is 10.1. The molecule has 0 unspecified atom stereocenters. The maximum absolute atomic E-state index is 12.2. The zero-order chi connectivity index (χ0) is 19.7. The van der Waals surface area contributed by atoms with Crippen LogP contribution >= 0.6 is 0 Å². The van der Waals surface area contributed by atoms with Crippen molar-refractivity contribution in [1.29, 1.82) is 0 Å². The molecule has 1 amide bonds. The van der Waals surface area contributed by atoms with Crippen molar-refractivity contribution in [3.8, 4) is 22.6 Å². The number of nitrogens with zero attached hydrogens (tertiary/aromatic N) is 3. The van der Waals surface area contributed by atoms with Crippen LogP contribution in [-0.2, 0) is 4.74 Å². The summed E-state index contributed by atoms with van der Waals surface area (Å²) in [5, 5.41) is 4.57. The molecule has 1 aromatic heterocycles. The summed E-state index contributed by atoms with van der Waals surface area (Å²) in [6.07, 6.45) is 5.44. The van der Waals surface area contributed by atoms with E-state index in [4.69, 9.17) is 14.2 Å². The maximum atomic E-state index is 12.2. The van der Waals surface area contributed by atoms with Gasteiger partial charge in [-0.2, -0.15) is 5.10 Å². The van der Waals surface area contributed by atoms with Gasteiger partial charge in [-0.1, -0.05) is 6.07 Å². The Morgan fingerprint density at radius 3 is 2.54 bits per heavy atom. The topological polar surface area (TPSA) is 65.8 Å². The fourth-order valence-electron chi connectivity index (χ4n) is 3.55. The maximum Gasteiger partial charge on any atom is 0.410 e. The van der Waals surface area contributed by atoms with Crippen LogP contribution in [0, 0.1) is 0 Å². The third kappa shape index (κ3) is 4.08. The van der Waals surface area contributed by atoms with Crippen molar-refractivity contribution >= 4 is 6.09 Å². The second-order valence-electron chi connectivity index (χ2n) is 8.27. The van der Waals surface area contributed by atoms with Crippen molar-refractivity contribution in [2.24, 2.45) is 0 Å². The van der Waals surface area contributed by atoms with Gasteiger partial charge in [0.05, 0.1) is 12.2 Å². The summed E-state index contributed by atoms with van der Waals surface area (Å²) in [6.45, 7) is 8.19. The molecule has 4 rings (SSSR count). The fourth-order valence-corrected chi connectivity index (χ4v) is 3.55. The minimum atomic E-state index is -0.464. The van der Waals surface area contributed by atoms with E-state index in [1.165, 1.54) is 0 Å². The molecule has 2 aliphatic rings. The molecule has 1 aromatic carbocycles. The Morgan fingerprint density at radius 2 is 1.82 bits per heavy atom. The normalized spacial score (nSPS) is 17.5. The van der Waals surface area contributed by atoms with E-state index in [1.807, 2.05) is 49.8 Å². The van der Waals surface area contributed by atoms with E-state index in [9.17, 15) is 4.79 Å². The standard InChI is InChI=1S/C21H27N3O4/c1-21(2,3)28-20(25)23-8-6-17(7-9-23)24-14-16(13-22-24)15-4-5-18-19(12-15)27-11-10-26-18/h4-5,12-14,17H,6-11H2,1-3H3. The van der Waals surface area contributed by atoms with Gasteiger partial charge < -0.3 is 19.1 Å². The molecular weight excluding hydrogens is 358 g/mol. The second kappa shape index (κ2) is 7.37. The number of likely N-dealkylation sites (tertiary alicyclic amines) is 1. The highest BCUT2D eigenvalue weighted by molar-refractivity contribution is 5.68. The van der Waals surface area contributed by atoms with E-state index in [0.29, 0.717) is 26.3 Å². The van der Waals surface area contributed by atoms with E-state index < -0.39 is 5.60 Å². The number of amides is 1. The van der Waals surface area contributed by atoms with E-state index in [1.54, 1.807) is 4.90 Å². The molecule has 0 N–H and O–H groups in total. The molecule has 7 heteroatoms. The second-order valence-corrected chi connectivity index (χ2v) is 8.27. The summed E-state index contributed by atoms with van der Waals surface area (Å²) in [5.74, 6) is 1.57. The van der Waals surface area contributed by atoms with E-state index in [2.05, 4.69) is 11.3 Å². The van der Waals surface area contributed by atoms with Crippen LogP contribution in [0.25, 0.3) is 11.1 Å². The van der Waals surface area contributed by atoms with Gasteiger partial charge in [0.2, 0.25) is 0 Å². The summed E-state index contributed by atoms with van der Waals surface area (Å²) in [4.78, 5) is 14.0. The molecule has 150 valence electrons. The van der Waals surface area contributed by atoms with Gasteiger partial charge in [-0.25, -0.2) is 4.79 Å². The Bertz CT molecular complexity index is 848. The van der Waals surface area contributed by atoms with Gasteiger partial charge in [0, 0.05) is 24.8 Å². The Morgan fingerprint density at radius 1 is 1.11 bits per heavy atom. The van der Waals surface area contributed by atoms with Crippen LogP contribution in [0.4, 0.5) is 4.79 Å². The predicted octanol–water partition coefficient (Wildman–Crippen LogP) is 3.89. The number of hydrogen-bond donors (Lipinski definition) is 0. The average Bonchev–Trinajstić information content (AvgIpc) is 3.16. The number of hydrogen-bond acceptors (Lipinski definition) is 5. The number of ether oxygens (including phenoxy) is 3. The van der Waals surface area contributed by atoms with Crippen LogP contribution in [0.1, 0.15) is 39.7 Å². The number of benzene rings is 1. The summed E-state index contributed by atoms with van der Waals surface area (Å²) in [6, 6.07) is 6.26. The lowest BCUT2D eigenvalue weighted by molar-refractivity contribution is 0.0185. The third-order valence-corrected chi connectivity index (χ3v) is 4.97. The fraction of sp³-hybridized carbons (Fsp3) is 0.524. The molecule has 0 spiro atoms. The molecule has 7 nitrogen and oxygen atoms in total. The highest BCUT2D eigenvalue weighted by Crippen LogP contribution is 2.35. The molecule has 3 heterocycles. The van der Waals surface area contributed by atoms with Crippen LogP contribution in [0.3, 0.4) is 0 Å². The largest absolute Gasteiger partial charge is 0.486 e. The van der Waals surface area contributed by atoms with E-state index in [0.717, 1.165) is 35.5 Å².